The van der Waals surface area contributed by atoms with E-state index in [0.717, 1.165) is 16.9 Å². The molecule has 1 aromatic heterocycles. The molecule has 108 valence electrons. The van der Waals surface area contributed by atoms with E-state index < -0.39 is 5.97 Å². The van der Waals surface area contributed by atoms with Crippen LogP contribution in [0.2, 0.25) is 0 Å². The Morgan fingerprint density at radius 2 is 2.05 bits per heavy atom. The van der Waals surface area contributed by atoms with Gasteiger partial charge in [0.2, 0.25) is 0 Å². The van der Waals surface area contributed by atoms with E-state index in [1.807, 2.05) is 0 Å². The number of nitrogens with zero attached hydrogens (tertiary/aromatic N) is 4. The van der Waals surface area contributed by atoms with Gasteiger partial charge in [-0.1, -0.05) is 31.2 Å². The van der Waals surface area contributed by atoms with Crippen molar-refractivity contribution < 1.29 is 9.90 Å². The standard InChI is InChI=1S/C15H16N4O2/c1-10(2)7-14-13(9-16)17-18-19(14)12-5-3-11(4-6-12)8-15(20)21/h3-6,10H,7-8H2,1-2H3,(H,20,21). The summed E-state index contributed by atoms with van der Waals surface area (Å²) >= 11 is 0. The smallest absolute Gasteiger partial charge is 0.307 e. The molecule has 1 aromatic carbocycles. The largest absolute Gasteiger partial charge is 0.481 e. The van der Waals surface area contributed by atoms with Crippen LogP contribution in [0.3, 0.4) is 0 Å². The Morgan fingerprint density at radius 1 is 1.38 bits per heavy atom. The number of aliphatic carboxylic acids is 1. The second-order valence-electron chi connectivity index (χ2n) is 5.24. The average Bonchev–Trinajstić information content (AvgIpc) is 2.81. The molecule has 21 heavy (non-hydrogen) atoms. The molecule has 1 heterocycles. The third-order valence-electron chi connectivity index (χ3n) is 3.01. The molecule has 0 radical (unpaired) electrons. The van der Waals surface area contributed by atoms with Crippen LogP contribution in [0.25, 0.3) is 5.69 Å². The van der Waals surface area contributed by atoms with Crippen molar-refractivity contribution in [3.63, 3.8) is 0 Å². The monoisotopic (exact) mass is 284 g/mol. The maximum absolute atomic E-state index is 10.7. The number of hydrogen-bond donors (Lipinski definition) is 1. The number of carboxylic acids is 1. The number of aromatic nitrogens is 3. The molecule has 0 unspecified atom stereocenters. The lowest BCUT2D eigenvalue weighted by atomic mass is 10.1. The van der Waals surface area contributed by atoms with Crippen LogP contribution in [0.15, 0.2) is 24.3 Å². The lowest BCUT2D eigenvalue weighted by Crippen LogP contribution is -2.07. The molecule has 0 spiro atoms. The zero-order valence-electron chi connectivity index (χ0n) is 11.9. The molecule has 0 aliphatic carbocycles. The minimum absolute atomic E-state index is 0.0140. The SMILES string of the molecule is CC(C)Cc1c(C#N)nnn1-c1ccc(CC(=O)O)cc1. The molecule has 2 rings (SSSR count). The van der Waals surface area contributed by atoms with Crippen LogP contribution in [-0.4, -0.2) is 26.1 Å². The number of benzene rings is 1. The molecule has 6 heteroatoms. The van der Waals surface area contributed by atoms with Gasteiger partial charge in [-0.05, 0) is 30.0 Å². The molecule has 0 saturated carbocycles. The van der Waals surface area contributed by atoms with Gasteiger partial charge in [0.1, 0.15) is 6.07 Å². The minimum atomic E-state index is -0.865. The van der Waals surface area contributed by atoms with Gasteiger partial charge in [0, 0.05) is 0 Å². The fourth-order valence-corrected chi connectivity index (χ4v) is 2.10. The molecular weight excluding hydrogens is 268 g/mol. The topological polar surface area (TPSA) is 91.8 Å². The third kappa shape index (κ3) is 3.45. The van der Waals surface area contributed by atoms with Crippen molar-refractivity contribution in [2.45, 2.75) is 26.7 Å². The van der Waals surface area contributed by atoms with E-state index in [2.05, 4.69) is 30.2 Å². The summed E-state index contributed by atoms with van der Waals surface area (Å²) in [5.74, 6) is -0.489. The zero-order valence-corrected chi connectivity index (χ0v) is 11.9. The average molecular weight is 284 g/mol. The van der Waals surface area contributed by atoms with E-state index in [1.165, 1.54) is 0 Å². The van der Waals surface area contributed by atoms with Crippen molar-refractivity contribution in [1.29, 1.82) is 5.26 Å². The van der Waals surface area contributed by atoms with Gasteiger partial charge in [-0.25, -0.2) is 4.68 Å². The minimum Gasteiger partial charge on any atom is -0.481 e. The van der Waals surface area contributed by atoms with Crippen LogP contribution in [-0.2, 0) is 17.6 Å². The fourth-order valence-electron chi connectivity index (χ4n) is 2.10. The van der Waals surface area contributed by atoms with Crippen molar-refractivity contribution in [3.05, 3.63) is 41.2 Å². The molecular formula is C15H16N4O2. The highest BCUT2D eigenvalue weighted by Crippen LogP contribution is 2.17. The number of carbonyl (C=O) groups is 1. The first-order chi connectivity index (χ1) is 10.0. The fraction of sp³-hybridized carbons (Fsp3) is 0.333. The van der Waals surface area contributed by atoms with Crippen LogP contribution in [0.1, 0.15) is 30.8 Å². The summed E-state index contributed by atoms with van der Waals surface area (Å²) in [6.45, 7) is 4.13. The Balaban J connectivity index is 2.35. The Morgan fingerprint density at radius 3 is 2.57 bits per heavy atom. The third-order valence-corrected chi connectivity index (χ3v) is 3.01. The van der Waals surface area contributed by atoms with E-state index in [9.17, 15) is 4.79 Å². The maximum atomic E-state index is 10.7. The second kappa shape index (κ2) is 6.18. The zero-order chi connectivity index (χ0) is 15.4. The molecule has 1 N–H and O–H groups in total. The molecule has 0 aliphatic heterocycles. The Labute approximate surface area is 122 Å². The summed E-state index contributed by atoms with van der Waals surface area (Å²) in [7, 11) is 0. The number of hydrogen-bond acceptors (Lipinski definition) is 4. The van der Waals surface area contributed by atoms with E-state index in [4.69, 9.17) is 10.4 Å². The van der Waals surface area contributed by atoms with Crippen molar-refractivity contribution >= 4 is 5.97 Å². The van der Waals surface area contributed by atoms with E-state index >= 15 is 0 Å². The molecule has 0 bridgehead atoms. The van der Waals surface area contributed by atoms with Gasteiger partial charge in [-0.3, -0.25) is 4.79 Å². The van der Waals surface area contributed by atoms with Crippen LogP contribution in [0.4, 0.5) is 0 Å². The first-order valence-electron chi connectivity index (χ1n) is 6.67. The molecule has 0 amide bonds. The first-order valence-corrected chi connectivity index (χ1v) is 6.67. The molecule has 2 aromatic rings. The summed E-state index contributed by atoms with van der Waals surface area (Å²) in [6, 6.07) is 9.13. The van der Waals surface area contributed by atoms with Crippen LogP contribution >= 0.6 is 0 Å². The van der Waals surface area contributed by atoms with Crippen molar-refractivity contribution in [2.24, 2.45) is 5.92 Å². The first kappa shape index (κ1) is 14.7. The number of rotatable bonds is 5. The Kier molecular flexibility index (Phi) is 4.33. The van der Waals surface area contributed by atoms with Gasteiger partial charge in [0.25, 0.3) is 0 Å². The molecule has 0 saturated heterocycles. The summed E-state index contributed by atoms with van der Waals surface area (Å²) < 4.78 is 1.64. The molecule has 0 aliphatic rings. The quantitative estimate of drug-likeness (QED) is 0.906. The predicted molar refractivity (Wildman–Crippen MR) is 76.0 cm³/mol. The van der Waals surface area contributed by atoms with E-state index in [0.29, 0.717) is 18.0 Å². The van der Waals surface area contributed by atoms with Gasteiger partial charge in [-0.15, -0.1) is 5.10 Å². The van der Waals surface area contributed by atoms with E-state index in [-0.39, 0.29) is 6.42 Å². The van der Waals surface area contributed by atoms with Gasteiger partial charge in [0.05, 0.1) is 17.8 Å². The van der Waals surface area contributed by atoms with Gasteiger partial charge in [0.15, 0.2) is 5.69 Å². The highest BCUT2D eigenvalue weighted by Gasteiger charge is 2.15. The lowest BCUT2D eigenvalue weighted by molar-refractivity contribution is -0.136. The van der Waals surface area contributed by atoms with Gasteiger partial charge < -0.3 is 5.11 Å². The van der Waals surface area contributed by atoms with Crippen molar-refractivity contribution in [2.75, 3.05) is 0 Å². The maximum Gasteiger partial charge on any atom is 0.307 e. The predicted octanol–water partition coefficient (Wildman–Crippen LogP) is 1.96. The summed E-state index contributed by atoms with van der Waals surface area (Å²) in [5.41, 5.74) is 2.60. The van der Waals surface area contributed by atoms with Gasteiger partial charge >= 0.3 is 5.97 Å². The highest BCUT2D eigenvalue weighted by atomic mass is 16.4. The van der Waals surface area contributed by atoms with Crippen LogP contribution in [0.5, 0.6) is 0 Å². The number of nitriles is 1. The van der Waals surface area contributed by atoms with Crippen molar-refractivity contribution in [3.8, 4) is 11.8 Å². The van der Waals surface area contributed by atoms with E-state index in [1.54, 1.807) is 28.9 Å². The van der Waals surface area contributed by atoms with Crippen LogP contribution in [0, 0.1) is 17.2 Å². The second-order valence-corrected chi connectivity index (χ2v) is 5.24. The summed E-state index contributed by atoms with van der Waals surface area (Å²) in [6.07, 6.45) is 0.687. The molecule has 0 atom stereocenters. The number of carboxylic acid groups (broad SMARTS) is 1. The van der Waals surface area contributed by atoms with Gasteiger partial charge in [-0.2, -0.15) is 5.26 Å². The highest BCUT2D eigenvalue weighted by molar-refractivity contribution is 5.70. The Hall–Kier alpha value is -2.68. The lowest BCUT2D eigenvalue weighted by Gasteiger charge is -2.09. The summed E-state index contributed by atoms with van der Waals surface area (Å²) in [4.78, 5) is 10.7. The molecule has 0 fully saturated rings. The Bertz CT molecular complexity index is 681. The summed E-state index contributed by atoms with van der Waals surface area (Å²) in [5, 5.41) is 25.8. The molecule has 6 nitrogen and oxygen atoms in total. The van der Waals surface area contributed by atoms with Crippen LogP contribution < -0.4 is 0 Å². The van der Waals surface area contributed by atoms with Crippen molar-refractivity contribution in [1.82, 2.24) is 15.0 Å². The normalized spacial score (nSPS) is 10.6.